The molecule has 0 amide bonds. The van der Waals surface area contributed by atoms with E-state index in [0.29, 0.717) is 13.0 Å². The Bertz CT molecular complexity index is 718. The molecule has 0 aliphatic carbocycles. The lowest BCUT2D eigenvalue weighted by Gasteiger charge is -2.08. The number of nitrogens with zero attached hydrogens (tertiary/aromatic N) is 2. The summed E-state index contributed by atoms with van der Waals surface area (Å²) in [6.45, 7) is 0.513. The van der Waals surface area contributed by atoms with Gasteiger partial charge in [0.15, 0.2) is 0 Å². The highest BCUT2D eigenvalue weighted by molar-refractivity contribution is 5.78. The Labute approximate surface area is 110 Å². The number of hydrogen-bond donors (Lipinski definition) is 1. The van der Waals surface area contributed by atoms with Crippen LogP contribution >= 0.6 is 0 Å². The van der Waals surface area contributed by atoms with Crippen molar-refractivity contribution in [3.05, 3.63) is 60.2 Å². The Morgan fingerprint density at radius 3 is 2.74 bits per heavy atom. The van der Waals surface area contributed by atoms with Crippen LogP contribution in [0.25, 0.3) is 16.7 Å². The molecule has 0 saturated heterocycles. The Hall–Kier alpha value is -2.20. The number of para-hydroxylation sites is 2. The fourth-order valence-electron chi connectivity index (χ4n) is 2.28. The number of hydrogen-bond acceptors (Lipinski definition) is 2. The second kappa shape index (κ2) is 4.82. The van der Waals surface area contributed by atoms with Crippen LogP contribution in [-0.2, 0) is 6.42 Å². The van der Waals surface area contributed by atoms with Gasteiger partial charge >= 0.3 is 0 Å². The normalized spacial score (nSPS) is 11.1. The zero-order valence-electron chi connectivity index (χ0n) is 10.4. The van der Waals surface area contributed by atoms with Gasteiger partial charge in [0.05, 0.1) is 16.7 Å². The average molecular weight is 255 g/mol. The fourth-order valence-corrected chi connectivity index (χ4v) is 2.28. The average Bonchev–Trinajstić information content (AvgIpc) is 2.77. The van der Waals surface area contributed by atoms with Crippen LogP contribution in [0.1, 0.15) is 5.82 Å². The first kappa shape index (κ1) is 11.9. The maximum atomic E-state index is 13.4. The predicted octanol–water partition coefficient (Wildman–Crippen LogP) is 2.67. The summed E-state index contributed by atoms with van der Waals surface area (Å²) >= 11 is 0. The summed E-state index contributed by atoms with van der Waals surface area (Å²) in [7, 11) is 0. The summed E-state index contributed by atoms with van der Waals surface area (Å²) in [5.41, 5.74) is 8.27. The van der Waals surface area contributed by atoms with E-state index in [4.69, 9.17) is 5.73 Å². The molecular weight excluding hydrogens is 241 g/mol. The van der Waals surface area contributed by atoms with Gasteiger partial charge in [0, 0.05) is 6.42 Å². The topological polar surface area (TPSA) is 43.8 Å². The van der Waals surface area contributed by atoms with Crippen LogP contribution in [0.15, 0.2) is 48.5 Å². The van der Waals surface area contributed by atoms with Crippen molar-refractivity contribution < 1.29 is 4.39 Å². The van der Waals surface area contributed by atoms with E-state index in [1.165, 1.54) is 12.1 Å². The minimum Gasteiger partial charge on any atom is -0.330 e. The second-order valence-corrected chi connectivity index (χ2v) is 4.37. The highest BCUT2D eigenvalue weighted by atomic mass is 19.1. The molecule has 1 aromatic heterocycles. The molecular formula is C15H14FN3. The molecule has 3 aromatic rings. The van der Waals surface area contributed by atoms with Gasteiger partial charge in [-0.15, -0.1) is 0 Å². The maximum absolute atomic E-state index is 13.4. The Balaban J connectivity index is 2.28. The Morgan fingerprint density at radius 1 is 1.11 bits per heavy atom. The van der Waals surface area contributed by atoms with E-state index < -0.39 is 0 Å². The Kier molecular flexibility index (Phi) is 3.01. The van der Waals surface area contributed by atoms with E-state index >= 15 is 0 Å². The van der Waals surface area contributed by atoms with Gasteiger partial charge in [0.2, 0.25) is 0 Å². The maximum Gasteiger partial charge on any atom is 0.125 e. The summed E-state index contributed by atoms with van der Waals surface area (Å²) in [5, 5.41) is 0. The van der Waals surface area contributed by atoms with Crippen molar-refractivity contribution in [3.63, 3.8) is 0 Å². The lowest BCUT2D eigenvalue weighted by Crippen LogP contribution is -2.09. The first-order chi connectivity index (χ1) is 9.29. The van der Waals surface area contributed by atoms with E-state index in [-0.39, 0.29) is 5.82 Å². The van der Waals surface area contributed by atoms with Gasteiger partial charge in [-0.05, 0) is 36.9 Å². The zero-order chi connectivity index (χ0) is 13.2. The SMILES string of the molecule is NCCc1nc2ccccc2n1-c1cccc(F)c1. The minimum atomic E-state index is -0.256. The second-order valence-electron chi connectivity index (χ2n) is 4.37. The van der Waals surface area contributed by atoms with Gasteiger partial charge in [-0.2, -0.15) is 0 Å². The molecule has 3 rings (SSSR count). The number of imidazole rings is 1. The molecule has 0 aliphatic rings. The molecule has 0 saturated carbocycles. The first-order valence-corrected chi connectivity index (χ1v) is 6.22. The van der Waals surface area contributed by atoms with Gasteiger partial charge < -0.3 is 5.73 Å². The molecule has 19 heavy (non-hydrogen) atoms. The lowest BCUT2D eigenvalue weighted by molar-refractivity contribution is 0.626. The van der Waals surface area contributed by atoms with Gasteiger partial charge in [0.25, 0.3) is 0 Å². The van der Waals surface area contributed by atoms with E-state index in [1.807, 2.05) is 34.9 Å². The largest absolute Gasteiger partial charge is 0.330 e. The third-order valence-electron chi connectivity index (χ3n) is 3.06. The van der Waals surface area contributed by atoms with Crippen molar-refractivity contribution in [2.75, 3.05) is 6.54 Å². The molecule has 0 bridgehead atoms. The van der Waals surface area contributed by atoms with Crippen LogP contribution in [0.4, 0.5) is 4.39 Å². The first-order valence-electron chi connectivity index (χ1n) is 6.22. The predicted molar refractivity (Wildman–Crippen MR) is 73.8 cm³/mol. The number of fused-ring (bicyclic) bond motifs is 1. The summed E-state index contributed by atoms with van der Waals surface area (Å²) in [6, 6.07) is 14.3. The highest BCUT2D eigenvalue weighted by Gasteiger charge is 2.11. The molecule has 0 aliphatic heterocycles. The van der Waals surface area contributed by atoms with Crippen LogP contribution in [0.2, 0.25) is 0 Å². The van der Waals surface area contributed by atoms with Crippen molar-refractivity contribution in [1.82, 2.24) is 9.55 Å². The van der Waals surface area contributed by atoms with Gasteiger partial charge in [0.1, 0.15) is 11.6 Å². The molecule has 2 N–H and O–H groups in total. The molecule has 0 fully saturated rings. The summed E-state index contributed by atoms with van der Waals surface area (Å²) in [4.78, 5) is 4.57. The lowest BCUT2D eigenvalue weighted by atomic mass is 10.2. The number of rotatable bonds is 3. The quantitative estimate of drug-likeness (QED) is 0.782. The van der Waals surface area contributed by atoms with Crippen molar-refractivity contribution in [2.24, 2.45) is 5.73 Å². The summed E-state index contributed by atoms with van der Waals surface area (Å²) in [5.74, 6) is 0.600. The number of nitrogens with two attached hydrogens (primary N) is 1. The minimum absolute atomic E-state index is 0.256. The molecule has 0 radical (unpaired) electrons. The van der Waals surface area contributed by atoms with Gasteiger partial charge in [-0.1, -0.05) is 18.2 Å². The zero-order valence-corrected chi connectivity index (χ0v) is 10.4. The number of benzene rings is 2. The molecule has 0 spiro atoms. The third kappa shape index (κ3) is 2.11. The number of aromatic nitrogens is 2. The van der Waals surface area contributed by atoms with Crippen molar-refractivity contribution >= 4 is 11.0 Å². The van der Waals surface area contributed by atoms with Crippen LogP contribution in [0, 0.1) is 5.82 Å². The smallest absolute Gasteiger partial charge is 0.125 e. The Morgan fingerprint density at radius 2 is 1.95 bits per heavy atom. The van der Waals surface area contributed by atoms with Gasteiger partial charge in [-0.3, -0.25) is 4.57 Å². The third-order valence-corrected chi connectivity index (χ3v) is 3.06. The fraction of sp³-hybridized carbons (Fsp3) is 0.133. The van der Waals surface area contributed by atoms with Crippen molar-refractivity contribution in [3.8, 4) is 5.69 Å². The number of halogens is 1. The van der Waals surface area contributed by atoms with Crippen LogP contribution < -0.4 is 5.73 Å². The van der Waals surface area contributed by atoms with Gasteiger partial charge in [-0.25, -0.2) is 9.37 Å². The highest BCUT2D eigenvalue weighted by Crippen LogP contribution is 2.22. The van der Waals surface area contributed by atoms with E-state index in [9.17, 15) is 4.39 Å². The molecule has 4 heteroatoms. The van der Waals surface area contributed by atoms with E-state index in [1.54, 1.807) is 6.07 Å². The summed E-state index contributed by atoms with van der Waals surface area (Å²) < 4.78 is 15.4. The van der Waals surface area contributed by atoms with E-state index in [0.717, 1.165) is 22.5 Å². The van der Waals surface area contributed by atoms with Crippen LogP contribution in [0.5, 0.6) is 0 Å². The van der Waals surface area contributed by atoms with Crippen LogP contribution in [0.3, 0.4) is 0 Å². The van der Waals surface area contributed by atoms with Crippen LogP contribution in [-0.4, -0.2) is 16.1 Å². The standard InChI is InChI=1S/C15H14FN3/c16-11-4-3-5-12(10-11)19-14-7-2-1-6-13(14)18-15(19)8-9-17/h1-7,10H,8-9,17H2. The molecule has 3 nitrogen and oxygen atoms in total. The molecule has 0 atom stereocenters. The molecule has 0 unspecified atom stereocenters. The molecule has 1 heterocycles. The van der Waals surface area contributed by atoms with Crippen molar-refractivity contribution in [1.29, 1.82) is 0 Å². The monoisotopic (exact) mass is 255 g/mol. The van der Waals surface area contributed by atoms with E-state index in [2.05, 4.69) is 4.98 Å². The molecule has 96 valence electrons. The molecule has 2 aromatic carbocycles. The summed E-state index contributed by atoms with van der Waals surface area (Å²) in [6.07, 6.45) is 0.658. The van der Waals surface area contributed by atoms with Crippen molar-refractivity contribution in [2.45, 2.75) is 6.42 Å².